The number of benzene rings is 2. The molecule has 5 heteroatoms. The van der Waals surface area contributed by atoms with E-state index < -0.39 is 0 Å². The lowest BCUT2D eigenvalue weighted by molar-refractivity contribution is 0.646. The smallest absolute Gasteiger partial charge is 0.232 e. The number of fused-ring (bicyclic) bond motifs is 1. The molecule has 0 unspecified atom stereocenters. The van der Waals surface area contributed by atoms with Gasteiger partial charge in [0.05, 0.1) is 0 Å². The summed E-state index contributed by atoms with van der Waals surface area (Å²) in [5, 5.41) is 0. The Balaban J connectivity index is 1.35. The number of aryl methyl sites for hydroxylation is 2. The van der Waals surface area contributed by atoms with Crippen LogP contribution in [0.2, 0.25) is 0 Å². The van der Waals surface area contributed by atoms with Gasteiger partial charge in [0, 0.05) is 55.9 Å². The fourth-order valence-corrected chi connectivity index (χ4v) is 4.38. The number of nitrogens with zero attached hydrogens (tertiary/aromatic N) is 5. The van der Waals surface area contributed by atoms with Gasteiger partial charge in [-0.05, 0) is 49.6 Å². The van der Waals surface area contributed by atoms with Crippen LogP contribution in [0.25, 0.3) is 0 Å². The first-order valence-corrected chi connectivity index (χ1v) is 10.4. The summed E-state index contributed by atoms with van der Waals surface area (Å²) in [6.45, 7) is 9.13. The lowest BCUT2D eigenvalue weighted by atomic mass is 10.2. The zero-order chi connectivity index (χ0) is 19.8. The largest absolute Gasteiger partial charge is 0.368 e. The molecule has 2 aromatic carbocycles. The highest BCUT2D eigenvalue weighted by Gasteiger charge is 2.24. The molecule has 0 spiro atoms. The van der Waals surface area contributed by atoms with Gasteiger partial charge < -0.3 is 14.7 Å². The van der Waals surface area contributed by atoms with E-state index in [1.54, 1.807) is 0 Å². The Morgan fingerprint density at radius 2 is 1.55 bits per heavy atom. The van der Waals surface area contributed by atoms with Crippen molar-refractivity contribution in [1.82, 2.24) is 9.97 Å². The Kier molecular flexibility index (Phi) is 4.58. The molecule has 1 saturated heterocycles. The molecule has 148 valence electrons. The van der Waals surface area contributed by atoms with E-state index in [2.05, 4.69) is 83.1 Å². The molecule has 0 radical (unpaired) electrons. The normalized spacial score (nSPS) is 16.3. The molecule has 0 saturated carbocycles. The van der Waals surface area contributed by atoms with Gasteiger partial charge in [-0.25, -0.2) is 4.98 Å². The van der Waals surface area contributed by atoms with E-state index in [9.17, 15) is 0 Å². The van der Waals surface area contributed by atoms with E-state index in [-0.39, 0.29) is 0 Å². The van der Waals surface area contributed by atoms with E-state index in [1.807, 2.05) is 0 Å². The second-order valence-electron chi connectivity index (χ2n) is 8.01. The van der Waals surface area contributed by atoms with Crippen molar-refractivity contribution in [3.8, 4) is 0 Å². The third-order valence-corrected chi connectivity index (χ3v) is 5.93. The van der Waals surface area contributed by atoms with E-state index in [0.29, 0.717) is 0 Å². The summed E-state index contributed by atoms with van der Waals surface area (Å²) in [5.74, 6) is 1.87. The summed E-state index contributed by atoms with van der Waals surface area (Å²) < 4.78 is 0. The third kappa shape index (κ3) is 3.53. The predicted molar refractivity (Wildman–Crippen MR) is 120 cm³/mol. The van der Waals surface area contributed by atoms with Gasteiger partial charge in [-0.2, -0.15) is 4.98 Å². The van der Waals surface area contributed by atoms with Crippen LogP contribution in [0.3, 0.4) is 0 Å². The monoisotopic (exact) mass is 385 g/mol. The molecule has 0 atom stereocenters. The minimum Gasteiger partial charge on any atom is -0.368 e. The zero-order valence-electron chi connectivity index (χ0n) is 17.2. The Hall–Kier alpha value is -3.08. The van der Waals surface area contributed by atoms with Crippen molar-refractivity contribution >= 4 is 23.1 Å². The van der Waals surface area contributed by atoms with Crippen molar-refractivity contribution in [1.29, 1.82) is 0 Å². The minimum atomic E-state index is 0.825. The number of piperazine rings is 1. The molecule has 2 aliphatic rings. The molecule has 3 aromatic rings. The minimum absolute atomic E-state index is 0.825. The van der Waals surface area contributed by atoms with Gasteiger partial charge in [0.1, 0.15) is 5.82 Å². The van der Waals surface area contributed by atoms with Gasteiger partial charge in [-0.15, -0.1) is 0 Å². The summed E-state index contributed by atoms with van der Waals surface area (Å²) in [4.78, 5) is 16.9. The van der Waals surface area contributed by atoms with Crippen LogP contribution >= 0.6 is 0 Å². The highest BCUT2D eigenvalue weighted by atomic mass is 15.3. The molecule has 1 fully saturated rings. The molecule has 5 rings (SSSR count). The highest BCUT2D eigenvalue weighted by molar-refractivity contribution is 5.66. The lowest BCUT2D eigenvalue weighted by Crippen LogP contribution is -2.47. The zero-order valence-corrected chi connectivity index (χ0v) is 17.2. The van der Waals surface area contributed by atoms with Gasteiger partial charge in [0.2, 0.25) is 5.95 Å². The van der Waals surface area contributed by atoms with Crippen molar-refractivity contribution in [3.05, 3.63) is 71.4 Å². The van der Waals surface area contributed by atoms with E-state index >= 15 is 0 Å². The number of anilines is 4. The second kappa shape index (κ2) is 7.39. The third-order valence-electron chi connectivity index (χ3n) is 5.93. The first-order valence-electron chi connectivity index (χ1n) is 10.4. The molecule has 2 aliphatic heterocycles. The first kappa shape index (κ1) is 18.0. The van der Waals surface area contributed by atoms with Crippen LogP contribution in [0.4, 0.5) is 23.1 Å². The molecule has 0 bridgehead atoms. The highest BCUT2D eigenvalue weighted by Crippen LogP contribution is 2.33. The van der Waals surface area contributed by atoms with Crippen LogP contribution in [0.1, 0.15) is 16.8 Å². The van der Waals surface area contributed by atoms with Crippen molar-refractivity contribution in [2.75, 3.05) is 47.4 Å². The average molecular weight is 386 g/mol. The topological polar surface area (TPSA) is 35.5 Å². The molecule has 5 nitrogen and oxygen atoms in total. The molecule has 1 aromatic heterocycles. The predicted octanol–water partition coefficient (Wildman–Crippen LogP) is 4.11. The number of hydrogen-bond acceptors (Lipinski definition) is 5. The average Bonchev–Trinajstić information content (AvgIpc) is 3.18. The van der Waals surface area contributed by atoms with Gasteiger partial charge >= 0.3 is 0 Å². The van der Waals surface area contributed by atoms with Crippen LogP contribution in [-0.4, -0.2) is 42.7 Å². The van der Waals surface area contributed by atoms with Crippen LogP contribution in [0, 0.1) is 13.8 Å². The van der Waals surface area contributed by atoms with Gasteiger partial charge in [-0.1, -0.05) is 30.3 Å². The number of hydrogen-bond donors (Lipinski definition) is 0. The second-order valence-corrected chi connectivity index (χ2v) is 8.01. The molecule has 0 aliphatic carbocycles. The van der Waals surface area contributed by atoms with Gasteiger partial charge in [-0.3, -0.25) is 0 Å². The van der Waals surface area contributed by atoms with Crippen LogP contribution in [0.15, 0.2) is 54.6 Å². The molecular weight excluding hydrogens is 358 g/mol. The van der Waals surface area contributed by atoms with Crippen molar-refractivity contribution in [3.63, 3.8) is 0 Å². The molecule has 3 heterocycles. The molecular formula is C24H27N5. The van der Waals surface area contributed by atoms with Crippen LogP contribution < -0.4 is 14.7 Å². The maximum Gasteiger partial charge on any atom is 0.232 e. The van der Waals surface area contributed by atoms with Crippen LogP contribution in [-0.2, 0) is 6.42 Å². The summed E-state index contributed by atoms with van der Waals surface area (Å²) in [6, 6.07) is 19.5. The standard InChI is InChI=1S/C24H27N5/c1-18-6-5-8-21(16-18)27-12-14-28(15-13-27)23-17-19(2)25-24(26-23)29-11-10-20-7-3-4-9-22(20)29/h3-9,16-17H,10-15H2,1-2H3. The van der Waals surface area contributed by atoms with Gasteiger partial charge in [0.15, 0.2) is 0 Å². The quantitative estimate of drug-likeness (QED) is 0.678. The lowest BCUT2D eigenvalue weighted by Gasteiger charge is -2.37. The van der Waals surface area contributed by atoms with Crippen molar-refractivity contribution in [2.45, 2.75) is 20.3 Å². The Morgan fingerprint density at radius 1 is 0.759 bits per heavy atom. The fourth-order valence-electron chi connectivity index (χ4n) is 4.38. The summed E-state index contributed by atoms with van der Waals surface area (Å²) in [6.07, 6.45) is 1.05. The Morgan fingerprint density at radius 3 is 2.38 bits per heavy atom. The van der Waals surface area contributed by atoms with Gasteiger partial charge in [0.25, 0.3) is 0 Å². The number of para-hydroxylation sites is 1. The maximum atomic E-state index is 4.97. The SMILES string of the molecule is Cc1cccc(N2CCN(c3cc(C)nc(N4CCc5ccccc54)n3)CC2)c1. The summed E-state index contributed by atoms with van der Waals surface area (Å²) >= 11 is 0. The maximum absolute atomic E-state index is 4.97. The summed E-state index contributed by atoms with van der Waals surface area (Å²) in [7, 11) is 0. The Labute approximate surface area is 172 Å². The van der Waals surface area contributed by atoms with Crippen molar-refractivity contribution < 1.29 is 0 Å². The molecule has 0 amide bonds. The van der Waals surface area contributed by atoms with Crippen molar-refractivity contribution in [2.24, 2.45) is 0 Å². The molecule has 0 N–H and O–H groups in total. The molecule has 29 heavy (non-hydrogen) atoms. The number of rotatable bonds is 3. The fraction of sp³-hybridized carbons (Fsp3) is 0.333. The summed E-state index contributed by atoms with van der Waals surface area (Å²) in [5.41, 5.74) is 6.28. The Bertz CT molecular complexity index is 1020. The van der Waals surface area contributed by atoms with E-state index in [0.717, 1.165) is 56.6 Å². The number of aromatic nitrogens is 2. The van der Waals surface area contributed by atoms with E-state index in [1.165, 1.54) is 22.5 Å². The first-order chi connectivity index (χ1) is 14.2. The van der Waals surface area contributed by atoms with Crippen LogP contribution in [0.5, 0.6) is 0 Å². The van der Waals surface area contributed by atoms with E-state index in [4.69, 9.17) is 9.97 Å².